The van der Waals surface area contributed by atoms with E-state index in [0.29, 0.717) is 11.8 Å². The second-order valence-corrected chi connectivity index (χ2v) is 8.14. The lowest BCUT2D eigenvalue weighted by Crippen LogP contribution is -2.32. The summed E-state index contributed by atoms with van der Waals surface area (Å²) in [6.07, 6.45) is 5.01. The van der Waals surface area contributed by atoms with Crippen LogP contribution in [0, 0.1) is 0 Å². The summed E-state index contributed by atoms with van der Waals surface area (Å²) < 4.78 is 23.4. The van der Waals surface area contributed by atoms with Gasteiger partial charge in [-0.3, -0.25) is 0 Å². The van der Waals surface area contributed by atoms with E-state index in [9.17, 15) is 8.42 Å². The van der Waals surface area contributed by atoms with Crippen LogP contribution in [0.2, 0.25) is 0 Å². The molecular weight excluding hydrogens is 250 g/mol. The molecule has 0 aromatic rings. The van der Waals surface area contributed by atoms with E-state index in [1.165, 1.54) is 12.8 Å². The van der Waals surface area contributed by atoms with Gasteiger partial charge in [0.05, 0.1) is 11.0 Å². The molecule has 5 heteroatoms. The van der Waals surface area contributed by atoms with Crippen molar-refractivity contribution < 1.29 is 13.5 Å². The minimum Gasteiger partial charge on any atom is -0.396 e. The summed E-state index contributed by atoms with van der Waals surface area (Å²) in [6.45, 7) is 5.70. The molecule has 1 aliphatic rings. The zero-order chi connectivity index (χ0) is 13.6. The maximum atomic E-state index is 11.7. The standard InChI is InChI=1S/C13H27NO3S/c1-12(2)18(16,17)11-5-9-14-8-3-6-13(14)7-4-10-15/h12-13,15H,3-11H2,1-2H3. The van der Waals surface area contributed by atoms with Crippen molar-refractivity contribution in [3.63, 3.8) is 0 Å². The second kappa shape index (κ2) is 7.46. The SMILES string of the molecule is CC(C)S(=O)(=O)CCCN1CCCC1CCCO. The van der Waals surface area contributed by atoms with Crippen LogP contribution in [-0.2, 0) is 9.84 Å². The molecule has 1 N–H and O–H groups in total. The fraction of sp³-hybridized carbons (Fsp3) is 1.00. The van der Waals surface area contributed by atoms with E-state index in [2.05, 4.69) is 4.90 Å². The summed E-state index contributed by atoms with van der Waals surface area (Å²) >= 11 is 0. The molecule has 1 atom stereocenters. The van der Waals surface area contributed by atoms with Crippen LogP contribution in [0.1, 0.15) is 46.0 Å². The monoisotopic (exact) mass is 277 g/mol. The number of rotatable bonds is 8. The van der Waals surface area contributed by atoms with Crippen molar-refractivity contribution in [1.29, 1.82) is 0 Å². The lowest BCUT2D eigenvalue weighted by atomic mass is 10.1. The van der Waals surface area contributed by atoms with Crippen LogP contribution < -0.4 is 0 Å². The van der Waals surface area contributed by atoms with Crippen molar-refractivity contribution in [1.82, 2.24) is 4.90 Å². The van der Waals surface area contributed by atoms with Crippen molar-refractivity contribution in [2.24, 2.45) is 0 Å². The van der Waals surface area contributed by atoms with Crippen molar-refractivity contribution in [3.05, 3.63) is 0 Å². The minimum absolute atomic E-state index is 0.256. The molecule has 1 unspecified atom stereocenters. The highest BCUT2D eigenvalue weighted by Gasteiger charge is 2.24. The fourth-order valence-electron chi connectivity index (χ4n) is 2.55. The first kappa shape index (κ1) is 15.9. The van der Waals surface area contributed by atoms with Crippen LogP contribution in [0.25, 0.3) is 0 Å². The van der Waals surface area contributed by atoms with E-state index < -0.39 is 9.84 Å². The average molecular weight is 277 g/mol. The van der Waals surface area contributed by atoms with Crippen LogP contribution in [0.5, 0.6) is 0 Å². The van der Waals surface area contributed by atoms with Crippen molar-refractivity contribution >= 4 is 9.84 Å². The zero-order valence-electron chi connectivity index (χ0n) is 11.6. The van der Waals surface area contributed by atoms with E-state index in [4.69, 9.17) is 5.11 Å². The summed E-state index contributed by atoms with van der Waals surface area (Å²) in [5.74, 6) is 0.299. The van der Waals surface area contributed by atoms with Gasteiger partial charge in [-0.25, -0.2) is 8.42 Å². The minimum atomic E-state index is -2.89. The van der Waals surface area contributed by atoms with Gasteiger partial charge in [-0.05, 0) is 59.0 Å². The lowest BCUT2D eigenvalue weighted by Gasteiger charge is -2.24. The van der Waals surface area contributed by atoms with E-state index in [1.807, 2.05) is 0 Å². The van der Waals surface area contributed by atoms with E-state index in [1.54, 1.807) is 13.8 Å². The molecule has 0 aliphatic carbocycles. The lowest BCUT2D eigenvalue weighted by molar-refractivity contribution is 0.216. The van der Waals surface area contributed by atoms with Crippen LogP contribution in [0.15, 0.2) is 0 Å². The number of aliphatic hydroxyl groups excluding tert-OH is 1. The predicted molar refractivity (Wildman–Crippen MR) is 74.5 cm³/mol. The molecule has 1 fully saturated rings. The summed E-state index contributed by atoms with van der Waals surface area (Å²) in [5, 5.41) is 8.60. The molecule has 4 nitrogen and oxygen atoms in total. The van der Waals surface area contributed by atoms with Crippen LogP contribution in [0.3, 0.4) is 0 Å². The van der Waals surface area contributed by atoms with Crippen LogP contribution >= 0.6 is 0 Å². The molecule has 0 saturated carbocycles. The normalized spacial score (nSPS) is 21.9. The number of nitrogens with zero attached hydrogens (tertiary/aromatic N) is 1. The molecule has 0 aromatic heterocycles. The number of hydrogen-bond acceptors (Lipinski definition) is 4. The van der Waals surface area contributed by atoms with Gasteiger partial charge in [-0.1, -0.05) is 0 Å². The average Bonchev–Trinajstić information content (AvgIpc) is 2.73. The molecule has 0 bridgehead atoms. The Balaban J connectivity index is 2.30. The Kier molecular flexibility index (Phi) is 6.60. The molecule has 18 heavy (non-hydrogen) atoms. The summed E-state index contributed by atoms with van der Waals surface area (Å²) in [4.78, 5) is 2.39. The molecule has 108 valence electrons. The number of hydrogen-bond donors (Lipinski definition) is 1. The van der Waals surface area contributed by atoms with Gasteiger partial charge in [0.15, 0.2) is 9.84 Å². The smallest absolute Gasteiger partial charge is 0.152 e. The maximum absolute atomic E-state index is 11.7. The largest absolute Gasteiger partial charge is 0.396 e. The molecule has 1 saturated heterocycles. The second-order valence-electron chi connectivity index (χ2n) is 5.47. The number of sulfone groups is 1. The van der Waals surface area contributed by atoms with E-state index in [0.717, 1.165) is 32.4 Å². The Morgan fingerprint density at radius 3 is 2.67 bits per heavy atom. The first-order chi connectivity index (χ1) is 8.47. The van der Waals surface area contributed by atoms with Gasteiger partial charge < -0.3 is 10.0 Å². The Hall–Kier alpha value is -0.130. The highest BCUT2D eigenvalue weighted by atomic mass is 32.2. The molecule has 0 spiro atoms. The maximum Gasteiger partial charge on any atom is 0.152 e. The van der Waals surface area contributed by atoms with Crippen LogP contribution in [-0.4, -0.2) is 55.2 Å². The number of likely N-dealkylation sites (tertiary alicyclic amines) is 1. The van der Waals surface area contributed by atoms with Gasteiger partial charge in [0, 0.05) is 12.6 Å². The third kappa shape index (κ3) is 4.86. The Morgan fingerprint density at radius 1 is 1.33 bits per heavy atom. The predicted octanol–water partition coefficient (Wildman–Crippen LogP) is 1.44. The molecule has 0 amide bonds. The summed E-state index contributed by atoms with van der Waals surface area (Å²) in [5.41, 5.74) is 0. The van der Waals surface area contributed by atoms with E-state index in [-0.39, 0.29) is 11.9 Å². The van der Waals surface area contributed by atoms with Gasteiger partial charge in [0.1, 0.15) is 0 Å². The first-order valence-corrected chi connectivity index (χ1v) is 8.75. The Bertz CT molecular complexity index is 327. The first-order valence-electron chi connectivity index (χ1n) is 7.04. The third-order valence-electron chi connectivity index (χ3n) is 3.79. The topological polar surface area (TPSA) is 57.6 Å². The van der Waals surface area contributed by atoms with Gasteiger partial charge in [0.25, 0.3) is 0 Å². The van der Waals surface area contributed by atoms with Gasteiger partial charge in [-0.2, -0.15) is 0 Å². The molecule has 0 radical (unpaired) electrons. The zero-order valence-corrected chi connectivity index (χ0v) is 12.5. The fourth-order valence-corrected chi connectivity index (χ4v) is 3.55. The van der Waals surface area contributed by atoms with E-state index >= 15 is 0 Å². The highest BCUT2D eigenvalue weighted by Crippen LogP contribution is 2.21. The Morgan fingerprint density at radius 2 is 2.06 bits per heavy atom. The molecule has 1 rings (SSSR count). The quantitative estimate of drug-likeness (QED) is 0.729. The van der Waals surface area contributed by atoms with Crippen LogP contribution in [0.4, 0.5) is 0 Å². The van der Waals surface area contributed by atoms with Gasteiger partial charge >= 0.3 is 0 Å². The van der Waals surface area contributed by atoms with Crippen molar-refractivity contribution in [2.45, 2.75) is 57.2 Å². The van der Waals surface area contributed by atoms with Crippen molar-refractivity contribution in [3.8, 4) is 0 Å². The van der Waals surface area contributed by atoms with Gasteiger partial charge in [0.2, 0.25) is 0 Å². The van der Waals surface area contributed by atoms with Gasteiger partial charge in [-0.15, -0.1) is 0 Å². The highest BCUT2D eigenvalue weighted by molar-refractivity contribution is 7.91. The van der Waals surface area contributed by atoms with Crippen molar-refractivity contribution in [2.75, 3.05) is 25.4 Å². The molecular formula is C13H27NO3S. The molecule has 1 heterocycles. The third-order valence-corrected chi connectivity index (χ3v) is 6.08. The Labute approximate surface area is 111 Å². The summed E-state index contributed by atoms with van der Waals surface area (Å²) in [7, 11) is -2.89. The molecule has 1 aliphatic heterocycles. The summed E-state index contributed by atoms with van der Waals surface area (Å²) in [6, 6.07) is 0.555. The number of aliphatic hydroxyl groups is 1. The molecule has 0 aromatic carbocycles.